The molecular weight excluding hydrogens is 186 g/mol. The van der Waals surface area contributed by atoms with Crippen molar-refractivity contribution in [3.63, 3.8) is 0 Å². The Kier molecular flexibility index (Phi) is 3.70. The van der Waals surface area contributed by atoms with Gasteiger partial charge in [0, 0.05) is 11.2 Å². The fourth-order valence-corrected chi connectivity index (χ4v) is 1.44. The topological polar surface area (TPSA) is 61.8 Å². The molecule has 1 aromatic rings. The highest BCUT2D eigenvalue weighted by Crippen LogP contribution is 2.17. The van der Waals surface area contributed by atoms with Gasteiger partial charge in [0.05, 0.1) is 11.6 Å². The number of rotatable bonds is 4. The largest absolute Gasteiger partial charge is 0.380 e. The highest BCUT2D eigenvalue weighted by molar-refractivity contribution is 5.48. The SMILES string of the molecule is CC(C)(CCN)Nc1ccc(C#N)cc1. The minimum absolute atomic E-state index is 0.0110. The summed E-state index contributed by atoms with van der Waals surface area (Å²) in [7, 11) is 0. The Balaban J connectivity index is 2.69. The number of nitrogens with two attached hydrogens (primary N) is 1. The molecule has 0 spiro atoms. The quantitative estimate of drug-likeness (QED) is 0.787. The third-order valence-corrected chi connectivity index (χ3v) is 2.27. The van der Waals surface area contributed by atoms with E-state index in [4.69, 9.17) is 11.0 Å². The van der Waals surface area contributed by atoms with Crippen molar-refractivity contribution in [2.75, 3.05) is 11.9 Å². The van der Waals surface area contributed by atoms with Crippen LogP contribution in [0.25, 0.3) is 0 Å². The maximum absolute atomic E-state index is 8.66. The minimum Gasteiger partial charge on any atom is -0.380 e. The highest BCUT2D eigenvalue weighted by atomic mass is 15.0. The molecular formula is C12H17N3. The lowest BCUT2D eigenvalue weighted by Crippen LogP contribution is -2.33. The molecule has 0 atom stereocenters. The summed E-state index contributed by atoms with van der Waals surface area (Å²) in [5.41, 5.74) is 7.22. The third-order valence-electron chi connectivity index (χ3n) is 2.27. The Morgan fingerprint density at radius 2 is 1.93 bits per heavy atom. The van der Waals surface area contributed by atoms with E-state index in [2.05, 4.69) is 25.2 Å². The van der Waals surface area contributed by atoms with E-state index < -0.39 is 0 Å². The first-order valence-electron chi connectivity index (χ1n) is 5.06. The molecule has 0 aromatic heterocycles. The maximum atomic E-state index is 8.66. The van der Waals surface area contributed by atoms with Gasteiger partial charge in [-0.15, -0.1) is 0 Å². The highest BCUT2D eigenvalue weighted by Gasteiger charge is 2.15. The number of nitrogens with one attached hydrogen (secondary N) is 1. The van der Waals surface area contributed by atoms with Gasteiger partial charge in [0.1, 0.15) is 0 Å². The Morgan fingerprint density at radius 3 is 2.40 bits per heavy atom. The van der Waals surface area contributed by atoms with E-state index in [1.807, 2.05) is 12.1 Å². The van der Waals surface area contributed by atoms with E-state index in [-0.39, 0.29) is 5.54 Å². The molecule has 3 heteroatoms. The molecule has 0 saturated heterocycles. The fourth-order valence-electron chi connectivity index (χ4n) is 1.44. The molecule has 0 heterocycles. The van der Waals surface area contributed by atoms with E-state index in [1.165, 1.54) is 0 Å². The predicted octanol–water partition coefficient (Wildman–Crippen LogP) is 2.10. The zero-order valence-electron chi connectivity index (χ0n) is 9.25. The fraction of sp³-hybridized carbons (Fsp3) is 0.417. The molecule has 0 aliphatic carbocycles. The molecule has 0 amide bonds. The van der Waals surface area contributed by atoms with Gasteiger partial charge in [0.15, 0.2) is 0 Å². The average molecular weight is 203 g/mol. The van der Waals surface area contributed by atoms with E-state index in [1.54, 1.807) is 12.1 Å². The molecule has 0 bridgehead atoms. The smallest absolute Gasteiger partial charge is 0.0991 e. The molecule has 3 nitrogen and oxygen atoms in total. The van der Waals surface area contributed by atoms with E-state index >= 15 is 0 Å². The van der Waals surface area contributed by atoms with Gasteiger partial charge in [-0.25, -0.2) is 0 Å². The van der Waals surface area contributed by atoms with Crippen molar-refractivity contribution < 1.29 is 0 Å². The molecule has 0 aliphatic heterocycles. The maximum Gasteiger partial charge on any atom is 0.0991 e. The van der Waals surface area contributed by atoms with Crippen LogP contribution < -0.4 is 11.1 Å². The lowest BCUT2D eigenvalue weighted by Gasteiger charge is -2.27. The molecule has 15 heavy (non-hydrogen) atoms. The summed E-state index contributed by atoms with van der Waals surface area (Å²) in [5, 5.41) is 12.0. The summed E-state index contributed by atoms with van der Waals surface area (Å²) in [5.74, 6) is 0. The lowest BCUT2D eigenvalue weighted by molar-refractivity contribution is 0.526. The first-order chi connectivity index (χ1) is 7.07. The average Bonchev–Trinajstić information content (AvgIpc) is 2.18. The van der Waals surface area contributed by atoms with Crippen LogP contribution in [0.1, 0.15) is 25.8 Å². The summed E-state index contributed by atoms with van der Waals surface area (Å²) in [6.45, 7) is 4.88. The Bertz CT molecular complexity index is 346. The molecule has 0 unspecified atom stereocenters. The van der Waals surface area contributed by atoms with Gasteiger partial charge in [-0.3, -0.25) is 0 Å². The first-order valence-corrected chi connectivity index (χ1v) is 5.06. The standard InChI is InChI=1S/C12H17N3/c1-12(2,7-8-13)15-11-5-3-10(9-14)4-6-11/h3-6,15H,7-8,13H2,1-2H3. The number of benzene rings is 1. The molecule has 1 aromatic carbocycles. The van der Waals surface area contributed by atoms with Crippen LogP contribution in [0.4, 0.5) is 5.69 Å². The Hall–Kier alpha value is -1.53. The zero-order chi connectivity index (χ0) is 11.3. The van der Waals surface area contributed by atoms with Crippen molar-refractivity contribution in [3.8, 4) is 6.07 Å². The molecule has 1 rings (SSSR count). The number of nitrogens with zero attached hydrogens (tertiary/aromatic N) is 1. The zero-order valence-corrected chi connectivity index (χ0v) is 9.25. The Morgan fingerprint density at radius 1 is 1.33 bits per heavy atom. The molecule has 80 valence electrons. The monoisotopic (exact) mass is 203 g/mol. The van der Waals surface area contributed by atoms with E-state index in [0.29, 0.717) is 12.1 Å². The Labute approximate surface area is 90.9 Å². The molecule has 0 saturated carbocycles. The van der Waals surface area contributed by atoms with Crippen molar-refractivity contribution >= 4 is 5.69 Å². The van der Waals surface area contributed by atoms with Gasteiger partial charge in [0.25, 0.3) is 0 Å². The van der Waals surface area contributed by atoms with Gasteiger partial charge in [-0.05, 0) is 51.1 Å². The van der Waals surface area contributed by atoms with Gasteiger partial charge < -0.3 is 11.1 Å². The second kappa shape index (κ2) is 4.81. The number of hydrogen-bond donors (Lipinski definition) is 2. The second-order valence-electron chi connectivity index (χ2n) is 4.24. The van der Waals surface area contributed by atoms with Crippen LogP contribution in [0.15, 0.2) is 24.3 Å². The van der Waals surface area contributed by atoms with Crippen molar-refractivity contribution in [2.24, 2.45) is 5.73 Å². The third kappa shape index (κ3) is 3.61. The number of hydrogen-bond acceptors (Lipinski definition) is 3. The van der Waals surface area contributed by atoms with Crippen LogP contribution in [-0.2, 0) is 0 Å². The van der Waals surface area contributed by atoms with Crippen molar-refractivity contribution in [3.05, 3.63) is 29.8 Å². The van der Waals surface area contributed by atoms with Gasteiger partial charge in [-0.1, -0.05) is 0 Å². The number of anilines is 1. The van der Waals surface area contributed by atoms with E-state index in [9.17, 15) is 0 Å². The van der Waals surface area contributed by atoms with Crippen LogP contribution >= 0.6 is 0 Å². The van der Waals surface area contributed by atoms with Crippen molar-refractivity contribution in [1.82, 2.24) is 0 Å². The van der Waals surface area contributed by atoms with Crippen molar-refractivity contribution in [2.45, 2.75) is 25.8 Å². The number of nitriles is 1. The van der Waals surface area contributed by atoms with Crippen LogP contribution in [0.3, 0.4) is 0 Å². The molecule has 3 N–H and O–H groups in total. The lowest BCUT2D eigenvalue weighted by atomic mass is 10.0. The summed E-state index contributed by atoms with van der Waals surface area (Å²) >= 11 is 0. The summed E-state index contributed by atoms with van der Waals surface area (Å²) < 4.78 is 0. The second-order valence-corrected chi connectivity index (χ2v) is 4.24. The van der Waals surface area contributed by atoms with Crippen LogP contribution in [0, 0.1) is 11.3 Å². The molecule has 0 aliphatic rings. The molecule has 0 fully saturated rings. The van der Waals surface area contributed by atoms with Gasteiger partial charge >= 0.3 is 0 Å². The summed E-state index contributed by atoms with van der Waals surface area (Å²) in [4.78, 5) is 0. The molecule has 0 radical (unpaired) electrons. The summed E-state index contributed by atoms with van der Waals surface area (Å²) in [6.07, 6.45) is 0.910. The minimum atomic E-state index is -0.0110. The summed E-state index contributed by atoms with van der Waals surface area (Å²) in [6, 6.07) is 9.53. The first kappa shape index (κ1) is 11.5. The van der Waals surface area contributed by atoms with Crippen LogP contribution in [0.2, 0.25) is 0 Å². The normalized spacial score (nSPS) is 10.8. The van der Waals surface area contributed by atoms with Crippen LogP contribution in [0.5, 0.6) is 0 Å². The van der Waals surface area contributed by atoms with Crippen molar-refractivity contribution in [1.29, 1.82) is 5.26 Å². The van der Waals surface area contributed by atoms with E-state index in [0.717, 1.165) is 12.1 Å². The van der Waals surface area contributed by atoms with Crippen LogP contribution in [-0.4, -0.2) is 12.1 Å². The van der Waals surface area contributed by atoms with Gasteiger partial charge in [-0.2, -0.15) is 5.26 Å². The predicted molar refractivity (Wildman–Crippen MR) is 62.5 cm³/mol. The van der Waals surface area contributed by atoms with Gasteiger partial charge in [0.2, 0.25) is 0 Å².